The van der Waals surface area contributed by atoms with Crippen molar-refractivity contribution in [3.8, 4) is 23.0 Å². The number of ether oxygens (including phenoxy) is 1. The van der Waals surface area contributed by atoms with Crippen molar-refractivity contribution in [3.05, 3.63) is 118 Å². The average molecular weight is 933 g/mol. The van der Waals surface area contributed by atoms with Gasteiger partial charge in [-0.05, 0) is 91.9 Å². The Morgan fingerprint density at radius 1 is 0.585 bits per heavy atom. The molecule has 0 aliphatic carbocycles. The summed E-state index contributed by atoms with van der Waals surface area (Å²) < 4.78 is 5.59. The molecule has 5 aromatic carbocycles. The molecular weight excluding hydrogens is 869 g/mol. The van der Waals surface area contributed by atoms with Gasteiger partial charge in [0.2, 0.25) is 0 Å². The summed E-state index contributed by atoms with van der Waals surface area (Å²) >= 11 is 3.89. The van der Waals surface area contributed by atoms with Gasteiger partial charge in [-0.3, -0.25) is 9.69 Å². The third-order valence-corrected chi connectivity index (χ3v) is 15.4. The normalized spacial score (nSPS) is 14.8. The minimum Gasteiger partial charge on any atom is -0.506 e. The quantitative estimate of drug-likeness (QED) is 0.109. The molecule has 2 heterocycles. The number of H-pyrrole nitrogens is 1. The van der Waals surface area contributed by atoms with Gasteiger partial charge in [0.05, 0.1) is 36.5 Å². The largest absolute Gasteiger partial charge is 0.506 e. The summed E-state index contributed by atoms with van der Waals surface area (Å²) in [5, 5.41) is 50.5. The molecule has 7 rings (SSSR count). The molecule has 1 aliphatic rings. The fourth-order valence-electron chi connectivity index (χ4n) is 8.01. The molecule has 65 heavy (non-hydrogen) atoms. The van der Waals surface area contributed by atoms with E-state index >= 15 is 0 Å². The van der Waals surface area contributed by atoms with Gasteiger partial charge in [0.15, 0.2) is 0 Å². The number of phenolic OH excluding ortho intramolecular Hbond substituents is 4. The van der Waals surface area contributed by atoms with Gasteiger partial charge >= 0.3 is 5.97 Å². The number of hydrogen-bond donors (Lipinski definition) is 5. The third-order valence-electron chi connectivity index (χ3n) is 12.3. The van der Waals surface area contributed by atoms with Crippen LogP contribution in [0.2, 0.25) is 0 Å². The fourth-order valence-corrected chi connectivity index (χ4v) is 11.2. The second-order valence-electron chi connectivity index (χ2n) is 21.4. The van der Waals surface area contributed by atoms with E-state index in [0.29, 0.717) is 40.5 Å². The highest BCUT2D eigenvalue weighted by atomic mass is 32.2. The Balaban J connectivity index is 1.55. The number of phenols is 4. The van der Waals surface area contributed by atoms with Gasteiger partial charge in [0.1, 0.15) is 29.0 Å². The highest BCUT2D eigenvalue weighted by Crippen LogP contribution is 2.53. The molecule has 0 saturated carbocycles. The number of rotatable bonds is 4. The maximum absolute atomic E-state index is 14.3. The van der Waals surface area contributed by atoms with Crippen molar-refractivity contribution in [1.29, 1.82) is 0 Å². The lowest BCUT2D eigenvalue weighted by atomic mass is 9.85. The van der Waals surface area contributed by atoms with Gasteiger partial charge in [-0.25, -0.2) is 0 Å². The van der Waals surface area contributed by atoms with Crippen LogP contribution in [0.1, 0.15) is 122 Å². The number of aromatic amines is 1. The van der Waals surface area contributed by atoms with Gasteiger partial charge in [-0.2, -0.15) is 0 Å². The zero-order valence-corrected chi connectivity index (χ0v) is 42.4. The number of benzene rings is 5. The van der Waals surface area contributed by atoms with Crippen LogP contribution in [0.15, 0.2) is 108 Å². The summed E-state index contributed by atoms with van der Waals surface area (Å²) in [5.41, 5.74) is 5.60. The van der Waals surface area contributed by atoms with E-state index < -0.39 is 12.0 Å². The number of carbonyl (C=O) groups is 1. The Bertz CT molecular complexity index is 2640. The molecule has 0 fully saturated rings. The Labute approximate surface area is 397 Å². The van der Waals surface area contributed by atoms with E-state index in [1.165, 1.54) is 42.4 Å². The first-order chi connectivity index (χ1) is 30.2. The topological polar surface area (TPSA) is 126 Å². The maximum atomic E-state index is 14.3. The first kappa shape index (κ1) is 48.3. The Morgan fingerprint density at radius 3 is 1.31 bits per heavy atom. The summed E-state index contributed by atoms with van der Waals surface area (Å²) in [4.78, 5) is 23.0. The van der Waals surface area contributed by atoms with Crippen LogP contribution in [-0.2, 0) is 50.7 Å². The van der Waals surface area contributed by atoms with Gasteiger partial charge < -0.3 is 30.1 Å². The monoisotopic (exact) mass is 932 g/mol. The van der Waals surface area contributed by atoms with E-state index in [9.17, 15) is 25.2 Å². The molecule has 1 aliphatic heterocycles. The highest BCUT2D eigenvalue weighted by Gasteiger charge is 2.33. The number of esters is 1. The lowest BCUT2D eigenvalue weighted by Crippen LogP contribution is -2.42. The van der Waals surface area contributed by atoms with Crippen molar-refractivity contribution in [3.63, 3.8) is 0 Å². The summed E-state index contributed by atoms with van der Waals surface area (Å²) in [5.74, 6) is -0.313. The predicted octanol–water partition coefficient (Wildman–Crippen LogP) is 13.7. The molecule has 344 valence electrons. The number of carbonyl (C=O) groups excluding carboxylic acids is 1. The van der Waals surface area contributed by atoms with Gasteiger partial charge in [-0.15, -0.1) is 0 Å². The highest BCUT2D eigenvalue weighted by molar-refractivity contribution is 8.01. The summed E-state index contributed by atoms with van der Waals surface area (Å²) in [6.07, 6.45) is 2.21. The van der Waals surface area contributed by atoms with Crippen molar-refractivity contribution in [2.24, 2.45) is 0 Å². The molecule has 11 heteroatoms. The van der Waals surface area contributed by atoms with E-state index in [1.807, 2.05) is 83.9 Å². The molecule has 5 N–H and O–H groups in total. The summed E-state index contributed by atoms with van der Waals surface area (Å²) in [6.45, 7) is 25.7. The molecule has 1 unspecified atom stereocenters. The lowest BCUT2D eigenvalue weighted by molar-refractivity contribution is -0.147. The van der Waals surface area contributed by atoms with Crippen LogP contribution in [0.4, 0.5) is 0 Å². The van der Waals surface area contributed by atoms with Crippen molar-refractivity contribution < 1.29 is 30.0 Å². The van der Waals surface area contributed by atoms with E-state index in [1.54, 1.807) is 0 Å². The van der Waals surface area contributed by atoms with E-state index in [0.717, 1.165) is 38.7 Å². The smallest absolute Gasteiger partial charge is 0.323 e. The number of aromatic hydroxyl groups is 4. The minimum absolute atomic E-state index is 0.0312. The third kappa shape index (κ3) is 10.3. The SMILES string of the molecule is COC(=O)C(Cc1c[nH]c2ccccc12)N1Cc2cc(C(C)(C)C)cc(c2O)Sc2cc(C(C)(C)C)cc(c2O)Sc2cc(C(C)(C)C)cc(c2O)Sc2cc(C(C)(C)C)cc(c2O)C1. The lowest BCUT2D eigenvalue weighted by Gasteiger charge is -2.32. The number of nitrogens with zero attached hydrogens (tertiary/aromatic N) is 1. The van der Waals surface area contributed by atoms with Crippen molar-refractivity contribution in [2.75, 3.05) is 7.11 Å². The molecule has 0 amide bonds. The van der Waals surface area contributed by atoms with Crippen LogP contribution < -0.4 is 0 Å². The standard InChI is InChI=1S/C54H64N2O6S3/c1-51(2,3)33-18-31-28-56(39(50(61)62-13)20-30-27-55-38-17-15-14-16-37(30)38)29-32-19-34(52(4,5)6)22-41(47(32)58)64-43-24-36(54(10,11)12)26-45(49(43)60)65-44-25-35(53(7,8)9)23-42(48(44)59)63-40(21-33)46(31)57/h14-19,21-27,39,55,57-60H,20,28-29H2,1-13H3. The number of methoxy groups -OCH3 is 1. The molecule has 0 radical (unpaired) electrons. The number of hydrogen-bond acceptors (Lipinski definition) is 10. The number of fused-ring (bicyclic) bond motifs is 9. The van der Waals surface area contributed by atoms with Crippen LogP contribution in [0.25, 0.3) is 10.9 Å². The first-order valence-electron chi connectivity index (χ1n) is 22.1. The second-order valence-corrected chi connectivity index (χ2v) is 24.7. The molecule has 8 nitrogen and oxygen atoms in total. The van der Waals surface area contributed by atoms with Crippen molar-refractivity contribution >= 4 is 52.2 Å². The van der Waals surface area contributed by atoms with Crippen LogP contribution in [0.3, 0.4) is 0 Å². The zero-order chi connectivity index (χ0) is 47.6. The average Bonchev–Trinajstić information content (AvgIpc) is 3.62. The Morgan fingerprint density at radius 2 is 0.938 bits per heavy atom. The molecule has 0 saturated heterocycles. The van der Waals surface area contributed by atoms with Crippen LogP contribution >= 0.6 is 35.3 Å². The first-order valence-corrected chi connectivity index (χ1v) is 24.6. The van der Waals surface area contributed by atoms with Gasteiger partial charge in [-0.1, -0.05) is 149 Å². The Hall–Kier alpha value is -4.68. The minimum atomic E-state index is -0.852. The Kier molecular flexibility index (Phi) is 13.3. The van der Waals surface area contributed by atoms with E-state index in [-0.39, 0.29) is 64.2 Å². The zero-order valence-electron chi connectivity index (χ0n) is 40.0. The van der Waals surface area contributed by atoms with Gasteiger partial charge in [0.25, 0.3) is 0 Å². The van der Waals surface area contributed by atoms with Crippen molar-refractivity contribution in [1.82, 2.24) is 9.88 Å². The molecular formula is C54H64N2O6S3. The number of aromatic nitrogens is 1. The molecule has 6 aromatic rings. The van der Waals surface area contributed by atoms with Crippen LogP contribution in [0.5, 0.6) is 23.0 Å². The summed E-state index contributed by atoms with van der Waals surface area (Å²) in [6, 6.07) is 23.0. The fraction of sp³-hybridized carbons (Fsp3) is 0.389. The maximum Gasteiger partial charge on any atom is 0.323 e. The van der Waals surface area contributed by atoms with Crippen molar-refractivity contribution in [2.45, 2.75) is 160 Å². The number of para-hydroxylation sites is 1. The molecule has 1 atom stereocenters. The van der Waals surface area contributed by atoms with E-state index in [2.05, 4.69) is 88.1 Å². The molecule has 1 aromatic heterocycles. The van der Waals surface area contributed by atoms with Crippen LogP contribution in [0, 0.1) is 0 Å². The predicted molar refractivity (Wildman–Crippen MR) is 267 cm³/mol. The second kappa shape index (κ2) is 17.8. The van der Waals surface area contributed by atoms with E-state index in [4.69, 9.17) is 4.74 Å². The molecule has 8 bridgehead atoms. The van der Waals surface area contributed by atoms with Crippen LogP contribution in [-0.4, -0.2) is 49.4 Å². The number of nitrogens with one attached hydrogen (secondary N) is 1. The van der Waals surface area contributed by atoms with Gasteiger partial charge in [0, 0.05) is 47.7 Å². The summed E-state index contributed by atoms with van der Waals surface area (Å²) in [7, 11) is 1.39. The molecule has 0 spiro atoms.